The lowest BCUT2D eigenvalue weighted by atomic mass is 10.1. The Labute approximate surface area is 147 Å². The first kappa shape index (κ1) is 17.6. The van der Waals surface area contributed by atoms with E-state index in [-0.39, 0.29) is 6.61 Å². The van der Waals surface area contributed by atoms with E-state index in [1.54, 1.807) is 43.5 Å². The van der Waals surface area contributed by atoms with Crippen molar-refractivity contribution in [2.45, 2.75) is 6.42 Å². The zero-order valence-electron chi connectivity index (χ0n) is 12.4. The van der Waals surface area contributed by atoms with Gasteiger partial charge in [0.05, 0.1) is 7.11 Å². The van der Waals surface area contributed by atoms with Crippen molar-refractivity contribution in [2.24, 2.45) is 0 Å². The molecule has 3 N–H and O–H groups in total. The van der Waals surface area contributed by atoms with E-state index in [1.807, 2.05) is 0 Å². The van der Waals surface area contributed by atoms with Crippen molar-refractivity contribution in [1.29, 1.82) is 0 Å². The van der Waals surface area contributed by atoms with Crippen LogP contribution in [0.2, 0.25) is 5.02 Å². The normalized spacial score (nSPS) is 10.3. The van der Waals surface area contributed by atoms with Gasteiger partial charge in [-0.25, -0.2) is 4.79 Å². The number of hydrogen-bond acceptors (Lipinski definition) is 3. The molecule has 2 aromatic rings. The zero-order chi connectivity index (χ0) is 16.8. The number of halogens is 2. The maximum Gasteiger partial charge on any atom is 0.323 e. The van der Waals surface area contributed by atoms with Crippen LogP contribution in [0.1, 0.15) is 5.56 Å². The van der Waals surface area contributed by atoms with E-state index in [0.717, 1.165) is 4.47 Å². The highest BCUT2D eigenvalue weighted by Crippen LogP contribution is 2.26. The molecule has 2 rings (SSSR count). The van der Waals surface area contributed by atoms with Gasteiger partial charge in [-0.2, -0.15) is 0 Å². The monoisotopic (exact) mass is 398 g/mol. The van der Waals surface area contributed by atoms with Crippen molar-refractivity contribution in [3.63, 3.8) is 0 Å². The Morgan fingerprint density at radius 3 is 2.78 bits per heavy atom. The van der Waals surface area contributed by atoms with Crippen LogP contribution in [0.15, 0.2) is 40.9 Å². The molecular formula is C16H16BrClN2O3. The number of hydrogen-bond donors (Lipinski definition) is 3. The van der Waals surface area contributed by atoms with Crippen LogP contribution < -0.4 is 15.4 Å². The van der Waals surface area contributed by atoms with Gasteiger partial charge in [0.15, 0.2) is 0 Å². The van der Waals surface area contributed by atoms with Crippen molar-refractivity contribution < 1.29 is 14.6 Å². The molecule has 0 fully saturated rings. The van der Waals surface area contributed by atoms with Crippen molar-refractivity contribution >= 4 is 44.9 Å². The summed E-state index contributed by atoms with van der Waals surface area (Å²) in [6.45, 7) is -0.0527. The van der Waals surface area contributed by atoms with Crippen molar-refractivity contribution in [2.75, 3.05) is 24.4 Å². The number of amides is 2. The minimum atomic E-state index is -0.411. The summed E-state index contributed by atoms with van der Waals surface area (Å²) < 4.78 is 5.94. The van der Waals surface area contributed by atoms with E-state index < -0.39 is 6.03 Å². The number of nitrogens with one attached hydrogen (secondary N) is 2. The lowest BCUT2D eigenvalue weighted by Crippen LogP contribution is -2.20. The average molecular weight is 400 g/mol. The second-order valence-corrected chi connectivity index (χ2v) is 6.02. The first-order valence-corrected chi connectivity index (χ1v) is 8.01. The van der Waals surface area contributed by atoms with Crippen LogP contribution in [-0.2, 0) is 6.42 Å². The molecule has 0 aliphatic rings. The molecule has 0 bridgehead atoms. The van der Waals surface area contributed by atoms with Crippen LogP contribution in [0.3, 0.4) is 0 Å². The molecule has 5 nitrogen and oxygen atoms in total. The van der Waals surface area contributed by atoms with Gasteiger partial charge >= 0.3 is 6.03 Å². The fourth-order valence-corrected chi connectivity index (χ4v) is 2.82. The summed E-state index contributed by atoms with van der Waals surface area (Å²) in [5.41, 5.74) is 1.84. The molecule has 0 aliphatic heterocycles. The maximum absolute atomic E-state index is 12.2. The quantitative estimate of drug-likeness (QED) is 0.702. The van der Waals surface area contributed by atoms with Gasteiger partial charge < -0.3 is 20.5 Å². The highest BCUT2D eigenvalue weighted by Gasteiger charge is 2.10. The van der Waals surface area contributed by atoms with Gasteiger partial charge in [-0.05, 0) is 36.2 Å². The van der Waals surface area contributed by atoms with E-state index in [9.17, 15) is 4.79 Å². The van der Waals surface area contributed by atoms with Crippen molar-refractivity contribution in [3.05, 3.63) is 51.5 Å². The average Bonchev–Trinajstić information content (AvgIpc) is 2.50. The summed E-state index contributed by atoms with van der Waals surface area (Å²) in [5, 5.41) is 15.1. The van der Waals surface area contributed by atoms with E-state index in [0.29, 0.717) is 34.1 Å². The topological polar surface area (TPSA) is 70.6 Å². The van der Waals surface area contributed by atoms with Crippen LogP contribution >= 0.6 is 27.5 Å². The molecule has 2 amide bonds. The molecule has 0 unspecified atom stereocenters. The molecule has 0 heterocycles. The molecule has 0 atom stereocenters. The second-order valence-electron chi connectivity index (χ2n) is 4.70. The largest absolute Gasteiger partial charge is 0.497 e. The SMILES string of the molecule is COc1cc(Br)cc(NC(=O)Nc2cccc(Cl)c2CCO)c1. The van der Waals surface area contributed by atoms with Gasteiger partial charge in [0.2, 0.25) is 0 Å². The Balaban J connectivity index is 2.14. The predicted octanol–water partition coefficient (Wildman–Crippen LogP) is 4.29. The third-order valence-corrected chi connectivity index (χ3v) is 3.91. The first-order chi connectivity index (χ1) is 11.0. The molecule has 0 saturated heterocycles. The number of ether oxygens (including phenoxy) is 1. The Bertz CT molecular complexity index is 710. The van der Waals surface area contributed by atoms with E-state index in [1.165, 1.54) is 0 Å². The Morgan fingerprint density at radius 1 is 1.30 bits per heavy atom. The summed E-state index contributed by atoms with van der Waals surface area (Å²) in [6, 6.07) is 10.0. The predicted molar refractivity (Wildman–Crippen MR) is 95.6 cm³/mol. The molecule has 0 aromatic heterocycles. The summed E-state index contributed by atoms with van der Waals surface area (Å²) in [4.78, 5) is 12.2. The number of methoxy groups -OCH3 is 1. The third kappa shape index (κ3) is 4.86. The number of aliphatic hydroxyl groups is 1. The lowest BCUT2D eigenvalue weighted by molar-refractivity contribution is 0.262. The summed E-state index contributed by atoms with van der Waals surface area (Å²) in [7, 11) is 1.55. The van der Waals surface area contributed by atoms with Gasteiger partial charge in [0, 0.05) is 33.5 Å². The van der Waals surface area contributed by atoms with Crippen molar-refractivity contribution in [1.82, 2.24) is 0 Å². The van der Waals surface area contributed by atoms with Crippen LogP contribution in [0.5, 0.6) is 5.75 Å². The Hall–Kier alpha value is -1.76. The Morgan fingerprint density at radius 2 is 2.09 bits per heavy atom. The number of benzene rings is 2. The van der Waals surface area contributed by atoms with Gasteiger partial charge in [0.1, 0.15) is 5.75 Å². The highest BCUT2D eigenvalue weighted by atomic mass is 79.9. The fraction of sp³-hybridized carbons (Fsp3) is 0.188. The van der Waals surface area contributed by atoms with Crippen LogP contribution in [0.25, 0.3) is 0 Å². The molecule has 0 radical (unpaired) electrons. The van der Waals surface area contributed by atoms with Crippen LogP contribution in [0.4, 0.5) is 16.2 Å². The Kier molecular flexibility index (Phi) is 6.27. The molecule has 122 valence electrons. The van der Waals surface area contributed by atoms with Crippen LogP contribution in [-0.4, -0.2) is 24.9 Å². The van der Waals surface area contributed by atoms with E-state index >= 15 is 0 Å². The summed E-state index contributed by atoms with van der Waals surface area (Å²) >= 11 is 9.46. The minimum absolute atomic E-state index is 0.0527. The smallest absolute Gasteiger partial charge is 0.323 e. The summed E-state index contributed by atoms with van der Waals surface area (Å²) in [5.74, 6) is 0.624. The van der Waals surface area contributed by atoms with Crippen LogP contribution in [0, 0.1) is 0 Å². The van der Waals surface area contributed by atoms with Gasteiger partial charge in [-0.15, -0.1) is 0 Å². The third-order valence-electron chi connectivity index (χ3n) is 3.09. The maximum atomic E-state index is 12.2. The fourth-order valence-electron chi connectivity index (χ4n) is 2.08. The van der Waals surface area contributed by atoms with E-state index in [4.69, 9.17) is 21.4 Å². The lowest BCUT2D eigenvalue weighted by Gasteiger charge is -2.13. The number of carbonyl (C=O) groups is 1. The minimum Gasteiger partial charge on any atom is -0.497 e. The molecular weight excluding hydrogens is 384 g/mol. The number of carbonyl (C=O) groups excluding carboxylic acids is 1. The number of aliphatic hydroxyl groups excluding tert-OH is 1. The second kappa shape index (κ2) is 8.19. The number of anilines is 2. The molecule has 23 heavy (non-hydrogen) atoms. The van der Waals surface area contributed by atoms with E-state index in [2.05, 4.69) is 26.6 Å². The molecule has 2 aromatic carbocycles. The molecule has 7 heteroatoms. The van der Waals surface area contributed by atoms with Gasteiger partial charge in [-0.3, -0.25) is 0 Å². The van der Waals surface area contributed by atoms with Gasteiger partial charge in [0.25, 0.3) is 0 Å². The zero-order valence-corrected chi connectivity index (χ0v) is 14.7. The molecule has 0 spiro atoms. The number of rotatable bonds is 5. The highest BCUT2D eigenvalue weighted by molar-refractivity contribution is 9.10. The standard InChI is InChI=1S/C16H16BrClN2O3/c1-23-12-8-10(17)7-11(9-12)19-16(22)20-15-4-2-3-14(18)13(15)5-6-21/h2-4,7-9,21H,5-6H2,1H3,(H2,19,20,22). The molecule has 0 aliphatic carbocycles. The molecule has 0 saturated carbocycles. The van der Waals surface area contributed by atoms with Crippen molar-refractivity contribution in [3.8, 4) is 5.75 Å². The number of urea groups is 1. The summed E-state index contributed by atoms with van der Waals surface area (Å²) in [6.07, 6.45) is 0.361. The first-order valence-electron chi connectivity index (χ1n) is 6.84. The van der Waals surface area contributed by atoms with Gasteiger partial charge in [-0.1, -0.05) is 33.6 Å².